The number of hydrogen-bond donors (Lipinski definition) is 0. The molecule has 0 aromatic heterocycles. The van der Waals surface area contributed by atoms with Gasteiger partial charge in [0, 0.05) is 18.4 Å². The van der Waals surface area contributed by atoms with E-state index in [-0.39, 0.29) is 24.2 Å². The van der Waals surface area contributed by atoms with Gasteiger partial charge in [0.05, 0.1) is 0 Å². The van der Waals surface area contributed by atoms with Gasteiger partial charge in [0.25, 0.3) is 0 Å². The average molecular weight is 274 g/mol. The van der Waals surface area contributed by atoms with Gasteiger partial charge in [0.1, 0.15) is 17.4 Å². The summed E-state index contributed by atoms with van der Waals surface area (Å²) in [6.45, 7) is 2.00. The fraction of sp³-hybridized carbons (Fsp3) is 0.235. The van der Waals surface area contributed by atoms with Crippen molar-refractivity contribution in [1.29, 1.82) is 0 Å². The van der Waals surface area contributed by atoms with Gasteiger partial charge in [-0.15, -0.1) is 0 Å². The Morgan fingerprint density at radius 3 is 2.20 bits per heavy atom. The Hall–Kier alpha value is -2.03. The van der Waals surface area contributed by atoms with Crippen molar-refractivity contribution in [3.63, 3.8) is 0 Å². The number of Topliss-reactive ketones (excluding diaryl/α,β-unsaturated/α-hetero) is 1. The molecule has 0 aliphatic carbocycles. The third-order valence-electron chi connectivity index (χ3n) is 3.25. The van der Waals surface area contributed by atoms with Crippen LogP contribution in [0.2, 0.25) is 0 Å². The molecule has 3 heteroatoms. The molecule has 104 valence electrons. The average Bonchev–Trinajstić information content (AvgIpc) is 2.42. The first-order valence-electron chi connectivity index (χ1n) is 6.56. The molecule has 0 atom stereocenters. The number of halogens is 2. The fourth-order valence-electron chi connectivity index (χ4n) is 2.03. The zero-order valence-electron chi connectivity index (χ0n) is 11.3. The summed E-state index contributed by atoms with van der Waals surface area (Å²) in [4.78, 5) is 11.8. The number of benzene rings is 2. The molecule has 0 fully saturated rings. The maximum Gasteiger partial charge on any atom is 0.137 e. The van der Waals surface area contributed by atoms with E-state index in [0.717, 1.165) is 11.1 Å². The number of rotatable bonds is 5. The van der Waals surface area contributed by atoms with Crippen LogP contribution in [-0.2, 0) is 17.6 Å². The molecular formula is C17H16F2O. The molecule has 20 heavy (non-hydrogen) atoms. The van der Waals surface area contributed by atoms with Crippen molar-refractivity contribution in [1.82, 2.24) is 0 Å². The van der Waals surface area contributed by atoms with E-state index in [9.17, 15) is 13.6 Å². The van der Waals surface area contributed by atoms with Crippen LogP contribution in [0.15, 0.2) is 42.5 Å². The molecule has 0 radical (unpaired) electrons. The van der Waals surface area contributed by atoms with E-state index in [2.05, 4.69) is 0 Å². The minimum atomic E-state index is -0.659. The normalized spacial score (nSPS) is 10.6. The summed E-state index contributed by atoms with van der Waals surface area (Å²) >= 11 is 0. The molecule has 1 nitrogen and oxygen atoms in total. The van der Waals surface area contributed by atoms with Crippen LogP contribution in [0.5, 0.6) is 0 Å². The van der Waals surface area contributed by atoms with E-state index in [4.69, 9.17) is 0 Å². The first-order valence-corrected chi connectivity index (χ1v) is 6.56. The Bertz CT molecular complexity index is 583. The van der Waals surface area contributed by atoms with Gasteiger partial charge in [0.2, 0.25) is 0 Å². The number of carbonyl (C=O) groups excluding carboxylic acids is 1. The van der Waals surface area contributed by atoms with Gasteiger partial charge in [-0.25, -0.2) is 8.78 Å². The van der Waals surface area contributed by atoms with Gasteiger partial charge in [-0.3, -0.25) is 4.79 Å². The summed E-state index contributed by atoms with van der Waals surface area (Å²) in [5.41, 5.74) is 2.08. The molecule has 0 amide bonds. The SMILES string of the molecule is Cc1ccc(CCC(=O)Cc2c(F)cccc2F)cc1. The molecule has 2 rings (SSSR count). The summed E-state index contributed by atoms with van der Waals surface area (Å²) in [5, 5.41) is 0. The van der Waals surface area contributed by atoms with E-state index >= 15 is 0 Å². The summed E-state index contributed by atoms with van der Waals surface area (Å²) in [5.74, 6) is -1.48. The van der Waals surface area contributed by atoms with Crippen LogP contribution in [-0.4, -0.2) is 5.78 Å². The highest BCUT2D eigenvalue weighted by atomic mass is 19.1. The number of carbonyl (C=O) groups is 1. The molecule has 0 bridgehead atoms. The quantitative estimate of drug-likeness (QED) is 0.805. The van der Waals surface area contributed by atoms with E-state index in [1.54, 1.807) is 0 Å². The number of aryl methyl sites for hydroxylation is 2. The van der Waals surface area contributed by atoms with E-state index in [1.165, 1.54) is 18.2 Å². The lowest BCUT2D eigenvalue weighted by molar-refractivity contribution is -0.118. The molecule has 0 spiro atoms. The second-order valence-electron chi connectivity index (χ2n) is 4.90. The van der Waals surface area contributed by atoms with E-state index in [1.807, 2.05) is 31.2 Å². The summed E-state index contributed by atoms with van der Waals surface area (Å²) in [6, 6.07) is 11.5. The largest absolute Gasteiger partial charge is 0.299 e. The Morgan fingerprint density at radius 1 is 1.00 bits per heavy atom. The standard InChI is InChI=1S/C17H16F2O/c1-12-5-7-13(8-6-12)9-10-14(20)11-15-16(18)3-2-4-17(15)19/h2-8H,9-11H2,1H3. The molecule has 0 N–H and O–H groups in total. The summed E-state index contributed by atoms with van der Waals surface area (Å²) in [6.07, 6.45) is 0.691. The molecule has 0 saturated carbocycles. The van der Waals surface area contributed by atoms with Crippen molar-refractivity contribution in [2.24, 2.45) is 0 Å². The predicted molar refractivity (Wildman–Crippen MR) is 74.6 cm³/mol. The number of ketones is 1. The molecular weight excluding hydrogens is 258 g/mol. The third-order valence-corrected chi connectivity index (χ3v) is 3.25. The smallest absolute Gasteiger partial charge is 0.137 e. The maximum atomic E-state index is 13.4. The Kier molecular flexibility index (Phi) is 4.61. The molecule has 2 aromatic rings. The lowest BCUT2D eigenvalue weighted by atomic mass is 10.0. The minimum Gasteiger partial charge on any atom is -0.299 e. The topological polar surface area (TPSA) is 17.1 Å². The zero-order valence-corrected chi connectivity index (χ0v) is 11.3. The lowest BCUT2D eigenvalue weighted by Gasteiger charge is -2.05. The zero-order chi connectivity index (χ0) is 14.5. The van der Waals surface area contributed by atoms with Crippen molar-refractivity contribution < 1.29 is 13.6 Å². The minimum absolute atomic E-state index is 0.138. The maximum absolute atomic E-state index is 13.4. The van der Waals surface area contributed by atoms with Crippen LogP contribution in [0, 0.1) is 18.6 Å². The second kappa shape index (κ2) is 6.42. The van der Waals surface area contributed by atoms with Gasteiger partial charge in [-0.1, -0.05) is 35.9 Å². The van der Waals surface area contributed by atoms with Crippen LogP contribution < -0.4 is 0 Å². The Balaban J connectivity index is 1.94. The first kappa shape index (κ1) is 14.4. The van der Waals surface area contributed by atoms with Crippen LogP contribution >= 0.6 is 0 Å². The van der Waals surface area contributed by atoms with Crippen LogP contribution in [0.25, 0.3) is 0 Å². The molecule has 2 aromatic carbocycles. The van der Waals surface area contributed by atoms with Crippen molar-refractivity contribution in [2.75, 3.05) is 0 Å². The molecule has 0 saturated heterocycles. The van der Waals surface area contributed by atoms with Gasteiger partial charge in [-0.05, 0) is 31.0 Å². The summed E-state index contributed by atoms with van der Waals surface area (Å²) in [7, 11) is 0. The van der Waals surface area contributed by atoms with Gasteiger partial charge in [-0.2, -0.15) is 0 Å². The highest BCUT2D eigenvalue weighted by Gasteiger charge is 2.12. The summed E-state index contributed by atoms with van der Waals surface area (Å²) < 4.78 is 26.9. The van der Waals surface area contributed by atoms with Crippen molar-refractivity contribution in [2.45, 2.75) is 26.2 Å². The van der Waals surface area contributed by atoms with E-state index in [0.29, 0.717) is 6.42 Å². The number of hydrogen-bond acceptors (Lipinski definition) is 1. The first-order chi connectivity index (χ1) is 9.56. The third kappa shape index (κ3) is 3.73. The van der Waals surface area contributed by atoms with Crippen LogP contribution in [0.1, 0.15) is 23.1 Å². The van der Waals surface area contributed by atoms with Gasteiger partial charge in [0.15, 0.2) is 0 Å². The Labute approximate surface area is 117 Å². The lowest BCUT2D eigenvalue weighted by Crippen LogP contribution is -2.07. The van der Waals surface area contributed by atoms with Gasteiger partial charge < -0.3 is 0 Å². The van der Waals surface area contributed by atoms with E-state index < -0.39 is 11.6 Å². The molecule has 0 unspecified atom stereocenters. The predicted octanol–water partition coefficient (Wildman–Crippen LogP) is 4.02. The highest BCUT2D eigenvalue weighted by Crippen LogP contribution is 2.14. The second-order valence-corrected chi connectivity index (χ2v) is 4.90. The molecule has 0 aliphatic rings. The fourth-order valence-corrected chi connectivity index (χ4v) is 2.03. The molecule has 0 aliphatic heterocycles. The van der Waals surface area contributed by atoms with Crippen molar-refractivity contribution in [3.05, 3.63) is 70.8 Å². The monoisotopic (exact) mass is 274 g/mol. The highest BCUT2D eigenvalue weighted by molar-refractivity contribution is 5.81. The Morgan fingerprint density at radius 2 is 1.60 bits per heavy atom. The van der Waals surface area contributed by atoms with Crippen LogP contribution in [0.4, 0.5) is 8.78 Å². The molecule has 0 heterocycles. The van der Waals surface area contributed by atoms with Gasteiger partial charge >= 0.3 is 0 Å². The van der Waals surface area contributed by atoms with Crippen molar-refractivity contribution in [3.8, 4) is 0 Å². The van der Waals surface area contributed by atoms with Crippen molar-refractivity contribution >= 4 is 5.78 Å². The van der Waals surface area contributed by atoms with Crippen LogP contribution in [0.3, 0.4) is 0 Å².